The van der Waals surface area contributed by atoms with E-state index >= 15 is 0 Å². The molecule has 5 nitrogen and oxygen atoms in total. The van der Waals surface area contributed by atoms with Gasteiger partial charge < -0.3 is 9.84 Å². The Hall–Kier alpha value is -0.940. The van der Waals surface area contributed by atoms with Gasteiger partial charge in [-0.3, -0.25) is 4.90 Å². The molecule has 0 aromatic carbocycles. The molecule has 0 bridgehead atoms. The van der Waals surface area contributed by atoms with Crippen LogP contribution in [0.15, 0.2) is 4.52 Å². The summed E-state index contributed by atoms with van der Waals surface area (Å²) in [6.07, 6.45) is 0. The van der Waals surface area contributed by atoms with E-state index in [-0.39, 0.29) is 0 Å². The van der Waals surface area contributed by atoms with E-state index in [1.807, 2.05) is 6.92 Å². The second-order valence-corrected chi connectivity index (χ2v) is 4.72. The van der Waals surface area contributed by atoms with Crippen LogP contribution in [0.2, 0.25) is 0 Å². The summed E-state index contributed by atoms with van der Waals surface area (Å²) in [6.45, 7) is 10.3. The normalized spacial score (nSPS) is 22.9. The van der Waals surface area contributed by atoms with Gasteiger partial charge in [0.15, 0.2) is 5.82 Å². The molecule has 16 heavy (non-hydrogen) atoms. The van der Waals surface area contributed by atoms with Crippen LogP contribution in [0.1, 0.15) is 25.6 Å². The van der Waals surface area contributed by atoms with Gasteiger partial charge in [-0.1, -0.05) is 19.0 Å². The van der Waals surface area contributed by atoms with Gasteiger partial charge in [0.25, 0.3) is 0 Å². The molecule has 1 aliphatic heterocycles. The van der Waals surface area contributed by atoms with E-state index in [2.05, 4.69) is 34.2 Å². The van der Waals surface area contributed by atoms with Gasteiger partial charge in [0.05, 0.1) is 6.54 Å². The third-order valence-corrected chi connectivity index (χ3v) is 3.08. The molecule has 90 valence electrons. The smallest absolute Gasteiger partial charge is 0.223 e. The predicted molar refractivity (Wildman–Crippen MR) is 60.9 cm³/mol. The number of nitrogens with one attached hydrogen (secondary N) is 1. The van der Waals surface area contributed by atoms with E-state index in [4.69, 9.17) is 4.52 Å². The van der Waals surface area contributed by atoms with Crippen LogP contribution in [0.4, 0.5) is 0 Å². The van der Waals surface area contributed by atoms with Crippen molar-refractivity contribution in [3.63, 3.8) is 0 Å². The summed E-state index contributed by atoms with van der Waals surface area (Å²) in [7, 11) is 0. The molecule has 1 fully saturated rings. The van der Waals surface area contributed by atoms with E-state index in [1.165, 1.54) is 0 Å². The number of hydrogen-bond acceptors (Lipinski definition) is 5. The summed E-state index contributed by atoms with van der Waals surface area (Å²) in [5.74, 6) is 2.08. The lowest BCUT2D eigenvalue weighted by Gasteiger charge is -2.37. The molecule has 1 aliphatic rings. The van der Waals surface area contributed by atoms with Gasteiger partial charge in [0.2, 0.25) is 5.89 Å². The Bertz CT molecular complexity index is 336. The van der Waals surface area contributed by atoms with Gasteiger partial charge in [0.1, 0.15) is 0 Å². The number of nitrogens with zero attached hydrogens (tertiary/aromatic N) is 3. The third kappa shape index (κ3) is 2.59. The summed E-state index contributed by atoms with van der Waals surface area (Å²) < 4.78 is 5.00. The highest BCUT2D eigenvalue weighted by molar-refractivity contribution is 4.89. The molecule has 2 rings (SSSR count). The van der Waals surface area contributed by atoms with E-state index < -0.39 is 0 Å². The van der Waals surface area contributed by atoms with Crippen molar-refractivity contribution in [2.45, 2.75) is 33.4 Å². The summed E-state index contributed by atoms with van der Waals surface area (Å²) in [4.78, 5) is 6.69. The fourth-order valence-corrected chi connectivity index (χ4v) is 2.21. The number of rotatable bonds is 3. The van der Waals surface area contributed by atoms with Crippen molar-refractivity contribution in [1.29, 1.82) is 0 Å². The molecule has 1 saturated heterocycles. The first-order valence-electron chi connectivity index (χ1n) is 5.91. The molecule has 2 heterocycles. The van der Waals surface area contributed by atoms with Crippen molar-refractivity contribution in [3.8, 4) is 0 Å². The van der Waals surface area contributed by atoms with Gasteiger partial charge in [0, 0.05) is 32.6 Å². The first-order valence-corrected chi connectivity index (χ1v) is 5.91. The SMILES string of the molecule is Cc1nc(CN2CCNCC2C(C)C)no1. The van der Waals surface area contributed by atoms with Gasteiger partial charge in [-0.05, 0) is 5.92 Å². The van der Waals surface area contributed by atoms with E-state index in [1.54, 1.807) is 0 Å². The summed E-state index contributed by atoms with van der Waals surface area (Å²) in [6, 6.07) is 0.563. The zero-order chi connectivity index (χ0) is 11.5. The second kappa shape index (κ2) is 4.93. The molecule has 5 heteroatoms. The minimum atomic E-state index is 0.563. The first kappa shape index (κ1) is 11.5. The second-order valence-electron chi connectivity index (χ2n) is 4.72. The fourth-order valence-electron chi connectivity index (χ4n) is 2.21. The molecular weight excluding hydrogens is 204 g/mol. The maximum atomic E-state index is 5.00. The molecule has 1 aromatic rings. The average molecular weight is 224 g/mol. The van der Waals surface area contributed by atoms with Crippen LogP contribution in [0.25, 0.3) is 0 Å². The number of piperazine rings is 1. The number of aromatic nitrogens is 2. The lowest BCUT2D eigenvalue weighted by atomic mass is 10.0. The summed E-state index contributed by atoms with van der Waals surface area (Å²) in [5.41, 5.74) is 0. The van der Waals surface area contributed by atoms with Crippen molar-refractivity contribution in [2.24, 2.45) is 5.92 Å². The summed E-state index contributed by atoms with van der Waals surface area (Å²) in [5, 5.41) is 7.39. The maximum absolute atomic E-state index is 5.00. The topological polar surface area (TPSA) is 54.2 Å². The van der Waals surface area contributed by atoms with Crippen LogP contribution in [0, 0.1) is 12.8 Å². The van der Waals surface area contributed by atoms with Crippen molar-refractivity contribution in [3.05, 3.63) is 11.7 Å². The molecule has 1 unspecified atom stereocenters. The lowest BCUT2D eigenvalue weighted by molar-refractivity contribution is 0.113. The summed E-state index contributed by atoms with van der Waals surface area (Å²) >= 11 is 0. The van der Waals surface area contributed by atoms with Crippen molar-refractivity contribution < 1.29 is 4.52 Å². The molecule has 1 aromatic heterocycles. The lowest BCUT2D eigenvalue weighted by Crippen LogP contribution is -2.53. The highest BCUT2D eigenvalue weighted by Crippen LogP contribution is 2.15. The Kier molecular flexibility index (Phi) is 3.56. The van der Waals surface area contributed by atoms with E-state index in [9.17, 15) is 0 Å². The first-order chi connectivity index (χ1) is 7.66. The standard InChI is InChI=1S/C11H20N4O/c1-8(2)10-6-12-4-5-15(10)7-11-13-9(3)16-14-11/h8,10,12H,4-7H2,1-3H3. The zero-order valence-electron chi connectivity index (χ0n) is 10.2. The van der Waals surface area contributed by atoms with Gasteiger partial charge in [-0.15, -0.1) is 0 Å². The van der Waals surface area contributed by atoms with E-state index in [0.29, 0.717) is 17.9 Å². The average Bonchev–Trinajstić information content (AvgIpc) is 2.64. The molecular formula is C11H20N4O. The third-order valence-electron chi connectivity index (χ3n) is 3.08. The quantitative estimate of drug-likeness (QED) is 0.823. The maximum Gasteiger partial charge on any atom is 0.223 e. The van der Waals surface area contributed by atoms with Crippen molar-refractivity contribution in [1.82, 2.24) is 20.4 Å². The highest BCUT2D eigenvalue weighted by atomic mass is 16.5. The monoisotopic (exact) mass is 224 g/mol. The molecule has 1 N–H and O–H groups in total. The Morgan fingerprint density at radius 2 is 2.38 bits per heavy atom. The molecule has 0 spiro atoms. The van der Waals surface area contributed by atoms with Crippen LogP contribution < -0.4 is 5.32 Å². The minimum absolute atomic E-state index is 0.563. The Morgan fingerprint density at radius 1 is 1.56 bits per heavy atom. The van der Waals surface area contributed by atoms with Crippen molar-refractivity contribution in [2.75, 3.05) is 19.6 Å². The Morgan fingerprint density at radius 3 is 3.00 bits per heavy atom. The molecule has 0 radical (unpaired) electrons. The number of aryl methyl sites for hydroxylation is 1. The molecule has 0 saturated carbocycles. The highest BCUT2D eigenvalue weighted by Gasteiger charge is 2.25. The molecule has 1 atom stereocenters. The van der Waals surface area contributed by atoms with Crippen LogP contribution in [-0.2, 0) is 6.54 Å². The number of hydrogen-bond donors (Lipinski definition) is 1. The predicted octanol–water partition coefficient (Wildman–Crippen LogP) is 0.808. The van der Waals surface area contributed by atoms with Crippen LogP contribution in [-0.4, -0.2) is 40.7 Å². The Balaban J connectivity index is 2.01. The Labute approximate surface area is 96.2 Å². The van der Waals surface area contributed by atoms with Gasteiger partial charge in [-0.25, -0.2) is 0 Å². The van der Waals surface area contributed by atoms with Crippen LogP contribution in [0.5, 0.6) is 0 Å². The molecule has 0 amide bonds. The van der Waals surface area contributed by atoms with Gasteiger partial charge >= 0.3 is 0 Å². The van der Waals surface area contributed by atoms with Crippen LogP contribution >= 0.6 is 0 Å². The zero-order valence-corrected chi connectivity index (χ0v) is 10.2. The van der Waals surface area contributed by atoms with Gasteiger partial charge in [-0.2, -0.15) is 4.98 Å². The van der Waals surface area contributed by atoms with Crippen LogP contribution in [0.3, 0.4) is 0 Å². The molecule has 0 aliphatic carbocycles. The van der Waals surface area contributed by atoms with Crippen molar-refractivity contribution >= 4 is 0 Å². The largest absolute Gasteiger partial charge is 0.340 e. The fraction of sp³-hybridized carbons (Fsp3) is 0.818. The minimum Gasteiger partial charge on any atom is -0.340 e. The van der Waals surface area contributed by atoms with E-state index in [0.717, 1.165) is 32.0 Å².